The molecule has 0 saturated heterocycles. The summed E-state index contributed by atoms with van der Waals surface area (Å²) in [6.07, 6.45) is 0. The number of aromatic hydroxyl groups is 2. The third-order valence-corrected chi connectivity index (χ3v) is 1.56. The molecule has 4 nitrogen and oxygen atoms in total. The maximum absolute atomic E-state index is 9.62. The Kier molecular flexibility index (Phi) is 5.57. The molecule has 0 aliphatic heterocycles. The number of aliphatic carboxylic acids is 1. The summed E-state index contributed by atoms with van der Waals surface area (Å²) in [7, 11) is 0. The number of phenols is 2. The number of carboxylic acids is 1. The van der Waals surface area contributed by atoms with Gasteiger partial charge in [0.25, 0.3) is 3.79 Å². The molecule has 0 spiro atoms. The van der Waals surface area contributed by atoms with Crippen LogP contribution in [0.4, 0.5) is 0 Å². The van der Waals surface area contributed by atoms with Crippen LogP contribution in [0.25, 0.3) is 0 Å². The lowest BCUT2D eigenvalue weighted by Gasteiger charge is -1.99. The predicted octanol–water partition coefficient (Wildman–Crippen LogP) is 2.54. The molecule has 15 heavy (non-hydrogen) atoms. The number of rotatable bonds is 0. The molecule has 0 aromatic heterocycles. The van der Waals surface area contributed by atoms with Crippen molar-refractivity contribution in [3.8, 4) is 11.5 Å². The molecular formula is C8H7Cl3O4. The minimum atomic E-state index is -2.17. The van der Waals surface area contributed by atoms with E-state index < -0.39 is 9.76 Å². The van der Waals surface area contributed by atoms with Crippen LogP contribution in [-0.2, 0) is 4.79 Å². The number of hydrogen-bond donors (Lipinski definition) is 3. The van der Waals surface area contributed by atoms with Gasteiger partial charge in [0.1, 0.15) is 11.5 Å². The molecule has 7 heteroatoms. The topological polar surface area (TPSA) is 77.8 Å². The summed E-state index contributed by atoms with van der Waals surface area (Å²) in [6, 6.07) is 5.85. The van der Waals surface area contributed by atoms with E-state index in [-0.39, 0.29) is 11.5 Å². The summed E-state index contributed by atoms with van der Waals surface area (Å²) in [5, 5.41) is 25.2. The summed E-state index contributed by atoms with van der Waals surface area (Å²) >= 11 is 14.4. The Morgan fingerprint density at radius 1 is 1.13 bits per heavy atom. The number of halogens is 3. The summed E-state index contributed by atoms with van der Waals surface area (Å²) in [5.74, 6) is -1.28. The summed E-state index contributed by atoms with van der Waals surface area (Å²) in [5.41, 5.74) is 0. The number of alkyl halides is 3. The number of carbonyl (C=O) groups is 1. The highest BCUT2D eigenvalue weighted by Gasteiger charge is 2.29. The molecule has 1 rings (SSSR count). The highest BCUT2D eigenvalue weighted by molar-refractivity contribution is 6.75. The van der Waals surface area contributed by atoms with E-state index in [1.165, 1.54) is 18.2 Å². The van der Waals surface area contributed by atoms with Gasteiger partial charge in [-0.05, 0) is 12.1 Å². The summed E-state index contributed by atoms with van der Waals surface area (Å²) < 4.78 is -2.17. The molecule has 0 saturated carbocycles. The van der Waals surface area contributed by atoms with Crippen LogP contribution in [0.1, 0.15) is 0 Å². The Hall–Kier alpha value is -0.840. The van der Waals surface area contributed by atoms with Crippen molar-refractivity contribution in [2.45, 2.75) is 3.79 Å². The Bertz CT molecular complexity index is 318. The second-order valence-electron chi connectivity index (χ2n) is 2.32. The smallest absolute Gasteiger partial charge is 0.356 e. The van der Waals surface area contributed by atoms with Gasteiger partial charge in [-0.15, -0.1) is 0 Å². The number of phenolic OH excluding ortho intramolecular Hbond substituents is 2. The van der Waals surface area contributed by atoms with Crippen molar-refractivity contribution < 1.29 is 20.1 Å². The molecule has 0 bridgehead atoms. The van der Waals surface area contributed by atoms with Crippen LogP contribution in [0.15, 0.2) is 24.3 Å². The molecule has 0 radical (unpaired) electrons. The molecule has 84 valence electrons. The van der Waals surface area contributed by atoms with Crippen molar-refractivity contribution in [3.05, 3.63) is 24.3 Å². The van der Waals surface area contributed by atoms with Crippen molar-refractivity contribution in [3.63, 3.8) is 0 Å². The lowest BCUT2D eigenvalue weighted by molar-refractivity contribution is -0.135. The van der Waals surface area contributed by atoms with Gasteiger partial charge in [0.2, 0.25) is 0 Å². The van der Waals surface area contributed by atoms with E-state index in [4.69, 9.17) is 50.1 Å². The van der Waals surface area contributed by atoms with Gasteiger partial charge in [0.15, 0.2) is 0 Å². The van der Waals surface area contributed by atoms with Crippen LogP contribution in [0.5, 0.6) is 11.5 Å². The third kappa shape index (κ3) is 7.13. The molecule has 3 N–H and O–H groups in total. The predicted molar refractivity (Wildman–Crippen MR) is 57.7 cm³/mol. The fourth-order valence-electron chi connectivity index (χ4n) is 0.493. The maximum Gasteiger partial charge on any atom is 0.356 e. The fourth-order valence-corrected chi connectivity index (χ4v) is 0.493. The molecule has 0 aliphatic rings. The van der Waals surface area contributed by atoms with Gasteiger partial charge in [-0.2, -0.15) is 0 Å². The van der Waals surface area contributed by atoms with E-state index in [1.54, 1.807) is 6.07 Å². The first-order valence-corrected chi connectivity index (χ1v) is 4.65. The standard InChI is InChI=1S/C6H6O2.C2HCl3O2/c7-5-2-1-3-6(8)4-5;3-2(4,5)1(6)7/h1-4,7-8H;(H,6,7). The van der Waals surface area contributed by atoms with Crippen LogP contribution < -0.4 is 0 Å². The van der Waals surface area contributed by atoms with Crippen LogP contribution in [-0.4, -0.2) is 25.1 Å². The zero-order valence-electron chi connectivity index (χ0n) is 7.19. The van der Waals surface area contributed by atoms with Crippen LogP contribution in [0.2, 0.25) is 0 Å². The Morgan fingerprint density at radius 3 is 1.60 bits per heavy atom. The van der Waals surface area contributed by atoms with Crippen molar-refractivity contribution in [2.24, 2.45) is 0 Å². The zero-order chi connectivity index (χ0) is 12.1. The highest BCUT2D eigenvalue weighted by Crippen LogP contribution is 2.25. The van der Waals surface area contributed by atoms with Gasteiger partial charge in [0, 0.05) is 6.07 Å². The van der Waals surface area contributed by atoms with Gasteiger partial charge in [-0.3, -0.25) is 0 Å². The molecule has 0 fully saturated rings. The number of benzene rings is 1. The monoisotopic (exact) mass is 272 g/mol. The SMILES string of the molecule is O=C(O)C(Cl)(Cl)Cl.Oc1cccc(O)c1. The third-order valence-electron chi connectivity index (χ3n) is 1.07. The quantitative estimate of drug-likeness (QED) is 0.635. The normalized spacial score (nSPS) is 10.1. The molecule has 0 amide bonds. The molecule has 1 aromatic carbocycles. The summed E-state index contributed by atoms with van der Waals surface area (Å²) in [6.45, 7) is 0. The molecule has 0 aliphatic carbocycles. The van der Waals surface area contributed by atoms with E-state index >= 15 is 0 Å². The van der Waals surface area contributed by atoms with Gasteiger partial charge in [0.05, 0.1) is 0 Å². The Balaban J connectivity index is 0.000000265. The highest BCUT2D eigenvalue weighted by atomic mass is 35.6. The minimum absolute atomic E-state index is 0.0880. The Labute approximate surface area is 101 Å². The van der Waals surface area contributed by atoms with E-state index in [0.29, 0.717) is 0 Å². The van der Waals surface area contributed by atoms with Crippen LogP contribution in [0, 0.1) is 0 Å². The van der Waals surface area contributed by atoms with E-state index in [0.717, 1.165) is 0 Å². The maximum atomic E-state index is 9.62. The average Bonchev–Trinajstić information content (AvgIpc) is 2.02. The van der Waals surface area contributed by atoms with Gasteiger partial charge in [-0.1, -0.05) is 40.9 Å². The van der Waals surface area contributed by atoms with E-state index in [2.05, 4.69) is 0 Å². The second kappa shape index (κ2) is 5.90. The summed E-state index contributed by atoms with van der Waals surface area (Å²) in [4.78, 5) is 9.62. The largest absolute Gasteiger partial charge is 0.508 e. The second-order valence-corrected chi connectivity index (χ2v) is 4.60. The Morgan fingerprint density at radius 2 is 1.47 bits per heavy atom. The lowest BCUT2D eigenvalue weighted by Crippen LogP contribution is -2.16. The average molecular weight is 273 g/mol. The van der Waals surface area contributed by atoms with Crippen LogP contribution >= 0.6 is 34.8 Å². The van der Waals surface area contributed by atoms with Crippen molar-refractivity contribution in [1.82, 2.24) is 0 Å². The molecule has 0 atom stereocenters. The van der Waals surface area contributed by atoms with Crippen molar-refractivity contribution in [2.75, 3.05) is 0 Å². The molecule has 1 aromatic rings. The van der Waals surface area contributed by atoms with E-state index in [1.807, 2.05) is 0 Å². The first-order chi connectivity index (χ1) is 6.73. The van der Waals surface area contributed by atoms with Crippen molar-refractivity contribution >= 4 is 40.8 Å². The molecule has 0 heterocycles. The lowest BCUT2D eigenvalue weighted by atomic mass is 10.3. The first-order valence-electron chi connectivity index (χ1n) is 3.51. The number of hydrogen-bond acceptors (Lipinski definition) is 3. The van der Waals surface area contributed by atoms with Crippen molar-refractivity contribution in [1.29, 1.82) is 0 Å². The minimum Gasteiger partial charge on any atom is -0.508 e. The number of carboxylic acid groups (broad SMARTS) is 1. The van der Waals surface area contributed by atoms with Crippen LogP contribution in [0.3, 0.4) is 0 Å². The fraction of sp³-hybridized carbons (Fsp3) is 0.125. The van der Waals surface area contributed by atoms with Gasteiger partial charge < -0.3 is 15.3 Å². The van der Waals surface area contributed by atoms with Gasteiger partial charge >= 0.3 is 5.97 Å². The van der Waals surface area contributed by atoms with Gasteiger partial charge in [-0.25, -0.2) is 4.79 Å². The first kappa shape index (κ1) is 14.2. The van der Waals surface area contributed by atoms with E-state index in [9.17, 15) is 4.79 Å². The molecule has 0 unspecified atom stereocenters. The molecular weight excluding hydrogens is 266 g/mol. The zero-order valence-corrected chi connectivity index (χ0v) is 9.46.